The molecule has 3 aromatic rings. The van der Waals surface area contributed by atoms with Crippen molar-refractivity contribution >= 4 is 44.4 Å². The molecule has 4 heterocycles. The molecule has 2 aromatic heterocycles. The van der Waals surface area contributed by atoms with E-state index in [1.165, 1.54) is 0 Å². The first-order chi connectivity index (χ1) is 22.4. The molecule has 2 N–H and O–H groups in total. The molecule has 6 atom stereocenters. The first-order valence-electron chi connectivity index (χ1n) is 16.6. The quantitative estimate of drug-likeness (QED) is 0.394. The summed E-state index contributed by atoms with van der Waals surface area (Å²) >= 11 is 0. The third kappa shape index (κ3) is 5.87. The molecular formula is C34H42N6O6S. The molecule has 12 nitrogen and oxygen atoms in total. The van der Waals surface area contributed by atoms with Crippen molar-refractivity contribution in [2.75, 3.05) is 6.54 Å². The van der Waals surface area contributed by atoms with E-state index in [0.717, 1.165) is 30.2 Å². The molecule has 2 aliphatic heterocycles. The molecule has 47 heavy (non-hydrogen) atoms. The minimum absolute atomic E-state index is 0.114. The van der Waals surface area contributed by atoms with Gasteiger partial charge in [-0.05, 0) is 69.4 Å². The Labute approximate surface area is 274 Å². The predicted molar refractivity (Wildman–Crippen MR) is 175 cm³/mol. The fourth-order valence-electron chi connectivity index (χ4n) is 7.25. The Bertz CT molecular complexity index is 1890. The molecule has 0 radical (unpaired) electrons. The number of hydrogen-bond acceptors (Lipinski definition) is 8. The van der Waals surface area contributed by atoms with E-state index in [9.17, 15) is 22.8 Å². The highest BCUT2D eigenvalue weighted by molar-refractivity contribution is 7.91. The van der Waals surface area contributed by atoms with E-state index >= 15 is 0 Å². The number of nitrogens with zero attached hydrogens (tertiary/aromatic N) is 4. The van der Waals surface area contributed by atoms with Gasteiger partial charge in [-0.15, -0.1) is 0 Å². The van der Waals surface area contributed by atoms with Crippen molar-refractivity contribution in [3.8, 4) is 5.88 Å². The van der Waals surface area contributed by atoms with E-state index < -0.39 is 44.3 Å². The van der Waals surface area contributed by atoms with Crippen LogP contribution in [0, 0.1) is 17.8 Å². The molecule has 4 aliphatic rings. The summed E-state index contributed by atoms with van der Waals surface area (Å²) in [6.07, 6.45) is 11.2. The number of benzene rings is 1. The van der Waals surface area contributed by atoms with Gasteiger partial charge in [-0.3, -0.25) is 23.5 Å². The van der Waals surface area contributed by atoms with Crippen molar-refractivity contribution in [2.24, 2.45) is 17.8 Å². The highest BCUT2D eigenvalue weighted by Crippen LogP contribution is 2.47. The Hall–Kier alpha value is -4.00. The summed E-state index contributed by atoms with van der Waals surface area (Å²) < 4.78 is 35.7. The molecule has 1 aromatic carbocycles. The van der Waals surface area contributed by atoms with Crippen molar-refractivity contribution < 1.29 is 27.5 Å². The van der Waals surface area contributed by atoms with Gasteiger partial charge in [-0.1, -0.05) is 38.1 Å². The van der Waals surface area contributed by atoms with Crippen molar-refractivity contribution in [3.63, 3.8) is 0 Å². The highest BCUT2D eigenvalue weighted by atomic mass is 32.2. The third-order valence-corrected chi connectivity index (χ3v) is 12.7. The molecule has 3 amide bonds. The maximum absolute atomic E-state index is 14.1. The lowest BCUT2D eigenvalue weighted by Crippen LogP contribution is -2.57. The zero-order valence-electron chi connectivity index (χ0n) is 27.0. The number of ether oxygens (including phenoxy) is 1. The van der Waals surface area contributed by atoms with Crippen LogP contribution in [0.3, 0.4) is 0 Å². The van der Waals surface area contributed by atoms with E-state index in [2.05, 4.69) is 33.9 Å². The van der Waals surface area contributed by atoms with Crippen LogP contribution in [0.4, 0.5) is 0 Å². The summed E-state index contributed by atoms with van der Waals surface area (Å²) in [7, 11) is -3.92. The minimum atomic E-state index is -3.92. The van der Waals surface area contributed by atoms with Crippen LogP contribution in [-0.2, 0) is 24.4 Å². The fourth-order valence-corrected chi connectivity index (χ4v) is 8.56. The van der Waals surface area contributed by atoms with Crippen molar-refractivity contribution in [2.45, 2.75) is 94.6 Å². The number of rotatable bonds is 5. The summed E-state index contributed by atoms with van der Waals surface area (Å²) in [4.78, 5) is 52.2. The lowest BCUT2D eigenvalue weighted by atomic mass is 9.91. The second-order valence-electron chi connectivity index (χ2n) is 14.4. The smallest absolute Gasteiger partial charge is 0.259 e. The van der Waals surface area contributed by atoms with E-state index in [4.69, 9.17) is 4.74 Å². The average Bonchev–Trinajstić information content (AvgIpc) is 3.80. The molecule has 1 saturated heterocycles. The third-order valence-electron chi connectivity index (χ3n) is 10.5. The number of nitrogens with one attached hydrogen (secondary N) is 2. The van der Waals surface area contributed by atoms with Gasteiger partial charge in [-0.2, -0.15) is 4.98 Å². The van der Waals surface area contributed by atoms with Crippen molar-refractivity contribution in [1.82, 2.24) is 29.3 Å². The van der Waals surface area contributed by atoms with Gasteiger partial charge in [0.2, 0.25) is 33.5 Å². The van der Waals surface area contributed by atoms with Gasteiger partial charge >= 0.3 is 0 Å². The van der Waals surface area contributed by atoms with Crippen LogP contribution in [0.25, 0.3) is 16.7 Å². The van der Waals surface area contributed by atoms with Crippen LogP contribution < -0.4 is 14.8 Å². The molecular weight excluding hydrogens is 620 g/mol. The number of allylic oxidation sites excluding steroid dienone is 1. The second kappa shape index (κ2) is 11.6. The highest BCUT2D eigenvalue weighted by Gasteiger charge is 2.63. The minimum Gasteiger partial charge on any atom is -0.472 e. The summed E-state index contributed by atoms with van der Waals surface area (Å²) in [6.45, 7) is 6.02. The zero-order valence-corrected chi connectivity index (χ0v) is 27.8. The predicted octanol–water partition coefficient (Wildman–Crippen LogP) is 3.51. The van der Waals surface area contributed by atoms with Gasteiger partial charge in [0, 0.05) is 31.2 Å². The number of aromatic nitrogens is 3. The Morgan fingerprint density at radius 3 is 2.70 bits per heavy atom. The Morgan fingerprint density at radius 2 is 1.91 bits per heavy atom. The average molecular weight is 663 g/mol. The van der Waals surface area contributed by atoms with E-state index in [1.54, 1.807) is 18.0 Å². The van der Waals surface area contributed by atoms with Crippen LogP contribution >= 0.6 is 0 Å². The summed E-state index contributed by atoms with van der Waals surface area (Å²) in [5, 5.41) is 3.71. The maximum Gasteiger partial charge on any atom is 0.259 e. The number of para-hydroxylation sites is 1. The molecule has 3 fully saturated rings. The molecule has 2 saturated carbocycles. The molecule has 0 bridgehead atoms. The Kier molecular flexibility index (Phi) is 7.80. The first-order valence-corrected chi connectivity index (χ1v) is 18.1. The SMILES string of the molecule is C[C@@H]1CC/C=C\C2C[C@@]2(C(=O)NS(=O)(=O)C2(C)CC2)NC(=O)[C@@H]2C[C@@H](Oc3nc4nccn4c4ccccc34)CN2C(=O)C[C@H](C)C1. The van der Waals surface area contributed by atoms with E-state index in [1.807, 2.05) is 47.0 Å². The monoisotopic (exact) mass is 662 g/mol. The summed E-state index contributed by atoms with van der Waals surface area (Å²) in [5.74, 6) is -0.406. The number of imidazole rings is 1. The van der Waals surface area contributed by atoms with Gasteiger partial charge in [0.1, 0.15) is 17.7 Å². The molecule has 0 spiro atoms. The molecule has 13 heteroatoms. The van der Waals surface area contributed by atoms with Crippen molar-refractivity contribution in [3.05, 3.63) is 48.8 Å². The first kappa shape index (κ1) is 31.6. The number of sulfonamides is 1. The van der Waals surface area contributed by atoms with Crippen LogP contribution in [-0.4, -0.2) is 74.4 Å². The number of carbonyl (C=O) groups is 3. The number of fused-ring (bicyclic) bond motifs is 5. The number of hydrogen-bond donors (Lipinski definition) is 2. The lowest BCUT2D eigenvalue weighted by Gasteiger charge is -2.28. The lowest BCUT2D eigenvalue weighted by molar-refractivity contribution is -0.140. The second-order valence-corrected chi connectivity index (χ2v) is 16.6. The molecule has 1 unspecified atom stereocenters. The zero-order chi connectivity index (χ0) is 33.1. The molecule has 7 rings (SSSR count). The topological polar surface area (TPSA) is 152 Å². The van der Waals surface area contributed by atoms with Gasteiger partial charge < -0.3 is 15.0 Å². The maximum atomic E-state index is 14.1. The number of amides is 3. The van der Waals surface area contributed by atoms with Gasteiger partial charge in [0.15, 0.2) is 0 Å². The Balaban J connectivity index is 1.18. The van der Waals surface area contributed by atoms with Crippen molar-refractivity contribution in [1.29, 1.82) is 0 Å². The van der Waals surface area contributed by atoms with Crippen LogP contribution in [0.5, 0.6) is 5.88 Å². The fraction of sp³-hybridized carbons (Fsp3) is 0.559. The van der Waals surface area contributed by atoms with Crippen LogP contribution in [0.1, 0.15) is 72.1 Å². The van der Waals surface area contributed by atoms with Gasteiger partial charge in [-0.25, -0.2) is 13.4 Å². The van der Waals surface area contributed by atoms with E-state index in [0.29, 0.717) is 30.4 Å². The standard InChI is InChI=1S/C34H42N6O6S/c1-21-8-4-5-9-23-19-34(23,31(43)38-47(44,45)33(3)12-13-33)37-29(42)27-18-24(20-40(27)28(41)17-22(2)16-21)46-30-25-10-6-7-11-26(25)39-15-14-35-32(39)36-30/h5-7,9-11,14-15,21-24,27H,4,8,12-13,16-20H2,1-3H3,(H,37,42)(H,38,43)/b9-5-/t21-,22-,23?,24-,27+,34-/m1/s1. The van der Waals surface area contributed by atoms with E-state index in [-0.39, 0.29) is 43.6 Å². The summed E-state index contributed by atoms with van der Waals surface area (Å²) in [5.41, 5.74) is -0.548. The van der Waals surface area contributed by atoms with Crippen LogP contribution in [0.2, 0.25) is 0 Å². The largest absolute Gasteiger partial charge is 0.472 e. The number of carbonyl (C=O) groups excluding carboxylic acids is 3. The molecule has 250 valence electrons. The Morgan fingerprint density at radius 1 is 1.13 bits per heavy atom. The van der Waals surface area contributed by atoms with Gasteiger partial charge in [0.25, 0.3) is 5.91 Å². The molecule has 2 aliphatic carbocycles. The normalized spacial score (nSPS) is 31.6. The summed E-state index contributed by atoms with van der Waals surface area (Å²) in [6, 6.07) is 6.77. The van der Waals surface area contributed by atoms with Crippen LogP contribution in [0.15, 0.2) is 48.8 Å². The van der Waals surface area contributed by atoms with Gasteiger partial charge in [0.05, 0.1) is 22.2 Å².